The first-order valence-electron chi connectivity index (χ1n) is 8.09. The third-order valence-corrected chi connectivity index (χ3v) is 4.70. The molecule has 0 fully saturated rings. The molecule has 0 radical (unpaired) electrons. The van der Waals surface area contributed by atoms with Gasteiger partial charge in [0.2, 0.25) is 11.1 Å². The highest BCUT2D eigenvalue weighted by Gasteiger charge is 2.13. The van der Waals surface area contributed by atoms with E-state index >= 15 is 0 Å². The smallest absolute Gasteiger partial charge is 0.234 e. The van der Waals surface area contributed by atoms with Gasteiger partial charge in [-0.15, -0.1) is 5.10 Å². The maximum absolute atomic E-state index is 12.2. The number of hydrogen-bond acceptors (Lipinski definition) is 6. The van der Waals surface area contributed by atoms with Crippen LogP contribution in [0, 0.1) is 6.92 Å². The molecule has 0 spiro atoms. The van der Waals surface area contributed by atoms with Crippen LogP contribution in [0.5, 0.6) is 0 Å². The summed E-state index contributed by atoms with van der Waals surface area (Å²) in [6, 6.07) is 15.5. The van der Waals surface area contributed by atoms with E-state index in [2.05, 4.69) is 20.8 Å². The number of aryl methyl sites for hydroxylation is 1. The molecule has 1 aromatic heterocycles. The van der Waals surface area contributed by atoms with E-state index in [0.717, 1.165) is 22.6 Å². The zero-order valence-electron chi connectivity index (χ0n) is 14.9. The average Bonchev–Trinajstić information content (AvgIpc) is 3.09. The highest BCUT2D eigenvalue weighted by atomic mass is 32.2. The number of anilines is 2. The molecule has 0 aliphatic carbocycles. The standard InChI is InChI=1S/C18H20N6OS/c1-13-6-4-5-7-16(13)24-18(20-21-22-24)26-12-17(25)19-14-8-10-15(11-9-14)23(2)3/h4-11H,12H2,1-3H3,(H,19,25). The summed E-state index contributed by atoms with van der Waals surface area (Å²) in [7, 11) is 3.95. The van der Waals surface area contributed by atoms with Gasteiger partial charge >= 0.3 is 0 Å². The Balaban J connectivity index is 1.62. The zero-order chi connectivity index (χ0) is 18.5. The topological polar surface area (TPSA) is 75.9 Å². The van der Waals surface area contributed by atoms with E-state index in [1.54, 1.807) is 4.68 Å². The Morgan fingerprint density at radius 1 is 1.15 bits per heavy atom. The van der Waals surface area contributed by atoms with E-state index in [1.165, 1.54) is 11.8 Å². The van der Waals surface area contributed by atoms with Crippen LogP contribution in [0.1, 0.15) is 5.56 Å². The molecule has 0 saturated carbocycles. The van der Waals surface area contributed by atoms with Gasteiger partial charge in [-0.1, -0.05) is 30.0 Å². The predicted molar refractivity (Wildman–Crippen MR) is 104 cm³/mol. The van der Waals surface area contributed by atoms with Crippen molar-refractivity contribution in [3.63, 3.8) is 0 Å². The molecule has 8 heteroatoms. The van der Waals surface area contributed by atoms with Gasteiger partial charge in [-0.3, -0.25) is 4.79 Å². The Hall–Kier alpha value is -2.87. The lowest BCUT2D eigenvalue weighted by atomic mass is 10.2. The summed E-state index contributed by atoms with van der Waals surface area (Å²) in [6.45, 7) is 2.00. The van der Waals surface area contributed by atoms with Gasteiger partial charge in [-0.25, -0.2) is 0 Å². The summed E-state index contributed by atoms with van der Waals surface area (Å²) in [5.41, 5.74) is 3.81. The van der Waals surface area contributed by atoms with E-state index in [4.69, 9.17) is 0 Å². The van der Waals surface area contributed by atoms with Crippen molar-refractivity contribution in [1.29, 1.82) is 0 Å². The molecule has 26 heavy (non-hydrogen) atoms. The van der Waals surface area contributed by atoms with Gasteiger partial charge in [0.05, 0.1) is 11.4 Å². The van der Waals surface area contributed by atoms with Crippen molar-refractivity contribution < 1.29 is 4.79 Å². The normalized spacial score (nSPS) is 10.6. The van der Waals surface area contributed by atoms with Gasteiger partial charge in [-0.05, 0) is 53.2 Å². The minimum atomic E-state index is -0.105. The molecular formula is C18H20N6OS. The van der Waals surface area contributed by atoms with Crippen molar-refractivity contribution >= 4 is 29.0 Å². The number of amides is 1. The number of carbonyl (C=O) groups is 1. The summed E-state index contributed by atoms with van der Waals surface area (Å²) in [5.74, 6) is 0.119. The van der Waals surface area contributed by atoms with Crippen LogP contribution in [0.4, 0.5) is 11.4 Å². The third kappa shape index (κ3) is 4.20. The Labute approximate surface area is 156 Å². The number of aromatic nitrogens is 4. The molecule has 1 N–H and O–H groups in total. The Kier molecular flexibility index (Phi) is 5.52. The van der Waals surface area contributed by atoms with Crippen LogP contribution in [0.2, 0.25) is 0 Å². The molecular weight excluding hydrogens is 348 g/mol. The minimum absolute atomic E-state index is 0.105. The molecule has 134 valence electrons. The predicted octanol–water partition coefficient (Wildman–Crippen LogP) is 2.77. The van der Waals surface area contributed by atoms with E-state index in [9.17, 15) is 4.79 Å². The molecule has 0 aliphatic heterocycles. The molecule has 2 aromatic carbocycles. The van der Waals surface area contributed by atoms with Crippen molar-refractivity contribution in [3.05, 3.63) is 54.1 Å². The SMILES string of the molecule is Cc1ccccc1-n1nnnc1SCC(=O)Nc1ccc(N(C)C)cc1. The van der Waals surface area contributed by atoms with Crippen LogP contribution >= 0.6 is 11.8 Å². The number of benzene rings is 2. The van der Waals surface area contributed by atoms with Gasteiger partial charge < -0.3 is 10.2 Å². The highest BCUT2D eigenvalue weighted by Crippen LogP contribution is 2.21. The second-order valence-electron chi connectivity index (χ2n) is 5.94. The fourth-order valence-electron chi connectivity index (χ4n) is 2.39. The minimum Gasteiger partial charge on any atom is -0.378 e. The molecule has 7 nitrogen and oxygen atoms in total. The van der Waals surface area contributed by atoms with Crippen molar-refractivity contribution in [2.75, 3.05) is 30.1 Å². The van der Waals surface area contributed by atoms with E-state index < -0.39 is 0 Å². The fourth-order valence-corrected chi connectivity index (χ4v) is 3.08. The van der Waals surface area contributed by atoms with Gasteiger partial charge in [0.25, 0.3) is 0 Å². The first-order chi connectivity index (χ1) is 12.5. The zero-order valence-corrected chi connectivity index (χ0v) is 15.7. The molecule has 1 heterocycles. The number of para-hydroxylation sites is 1. The second kappa shape index (κ2) is 8.01. The van der Waals surface area contributed by atoms with Gasteiger partial charge in [0.15, 0.2) is 0 Å². The monoisotopic (exact) mass is 368 g/mol. The van der Waals surface area contributed by atoms with Crippen LogP contribution in [-0.4, -0.2) is 46.0 Å². The van der Waals surface area contributed by atoms with Crippen molar-refractivity contribution in [3.8, 4) is 5.69 Å². The molecule has 0 unspecified atom stereocenters. The number of tetrazole rings is 1. The number of nitrogens with zero attached hydrogens (tertiary/aromatic N) is 5. The third-order valence-electron chi connectivity index (χ3n) is 3.78. The molecule has 3 aromatic rings. The van der Waals surface area contributed by atoms with E-state index in [-0.39, 0.29) is 11.7 Å². The lowest BCUT2D eigenvalue weighted by molar-refractivity contribution is -0.113. The van der Waals surface area contributed by atoms with Crippen LogP contribution < -0.4 is 10.2 Å². The number of rotatable bonds is 6. The van der Waals surface area contributed by atoms with Gasteiger partial charge in [0, 0.05) is 25.5 Å². The van der Waals surface area contributed by atoms with E-state index in [1.807, 2.05) is 74.4 Å². The average molecular weight is 368 g/mol. The summed E-state index contributed by atoms with van der Waals surface area (Å²) in [6.07, 6.45) is 0. The van der Waals surface area contributed by atoms with Crippen LogP contribution in [0.15, 0.2) is 53.7 Å². The Morgan fingerprint density at radius 3 is 2.58 bits per heavy atom. The lowest BCUT2D eigenvalue weighted by Crippen LogP contribution is -2.15. The van der Waals surface area contributed by atoms with Crippen molar-refractivity contribution in [2.45, 2.75) is 12.1 Å². The Bertz CT molecular complexity index is 891. The molecule has 3 rings (SSSR count). The number of carbonyl (C=O) groups excluding carboxylic acids is 1. The van der Waals surface area contributed by atoms with Crippen molar-refractivity contribution in [1.82, 2.24) is 20.2 Å². The maximum Gasteiger partial charge on any atom is 0.234 e. The quantitative estimate of drug-likeness (QED) is 0.674. The summed E-state index contributed by atoms with van der Waals surface area (Å²) < 4.78 is 1.65. The maximum atomic E-state index is 12.2. The summed E-state index contributed by atoms with van der Waals surface area (Å²) in [5, 5.41) is 15.3. The van der Waals surface area contributed by atoms with Gasteiger partial charge in [0.1, 0.15) is 0 Å². The van der Waals surface area contributed by atoms with Gasteiger partial charge in [-0.2, -0.15) is 4.68 Å². The highest BCUT2D eigenvalue weighted by molar-refractivity contribution is 7.99. The van der Waals surface area contributed by atoms with Crippen LogP contribution in [-0.2, 0) is 4.79 Å². The second-order valence-corrected chi connectivity index (χ2v) is 6.88. The fraction of sp³-hybridized carbons (Fsp3) is 0.222. The number of thioether (sulfide) groups is 1. The molecule has 0 bridgehead atoms. The molecule has 0 saturated heterocycles. The summed E-state index contributed by atoms with van der Waals surface area (Å²) >= 11 is 1.30. The molecule has 0 aliphatic rings. The molecule has 0 atom stereocenters. The summed E-state index contributed by atoms with van der Waals surface area (Å²) in [4.78, 5) is 14.2. The first kappa shape index (κ1) is 17.9. The first-order valence-corrected chi connectivity index (χ1v) is 9.07. The van der Waals surface area contributed by atoms with Crippen molar-refractivity contribution in [2.24, 2.45) is 0 Å². The number of nitrogens with one attached hydrogen (secondary N) is 1. The Morgan fingerprint density at radius 2 is 1.88 bits per heavy atom. The number of hydrogen-bond donors (Lipinski definition) is 1. The lowest BCUT2D eigenvalue weighted by Gasteiger charge is -2.13. The van der Waals surface area contributed by atoms with Crippen LogP contribution in [0.25, 0.3) is 5.69 Å². The molecule has 1 amide bonds. The largest absolute Gasteiger partial charge is 0.378 e. The van der Waals surface area contributed by atoms with E-state index in [0.29, 0.717) is 5.16 Å². The van der Waals surface area contributed by atoms with Crippen LogP contribution in [0.3, 0.4) is 0 Å².